The fourth-order valence-corrected chi connectivity index (χ4v) is 2.15. The fourth-order valence-electron chi connectivity index (χ4n) is 2.15. The topological polar surface area (TPSA) is 59.4 Å². The lowest BCUT2D eigenvalue weighted by Gasteiger charge is -2.34. The standard InChI is InChI=1S/C14H18N4O/c1-2-17-7-9-18(10-8-17)14(19)16-13-6-4-3-5-12(13)11-15/h3-6H,2,7-10H2,1H3,(H,16,19). The van der Waals surface area contributed by atoms with Gasteiger partial charge in [-0.2, -0.15) is 5.26 Å². The minimum absolute atomic E-state index is 0.126. The lowest BCUT2D eigenvalue weighted by molar-refractivity contribution is 0.151. The minimum atomic E-state index is -0.126. The Balaban J connectivity index is 1.97. The van der Waals surface area contributed by atoms with Crippen LogP contribution in [0.5, 0.6) is 0 Å². The van der Waals surface area contributed by atoms with Crippen molar-refractivity contribution in [3.63, 3.8) is 0 Å². The van der Waals surface area contributed by atoms with Crippen LogP contribution < -0.4 is 5.32 Å². The van der Waals surface area contributed by atoms with E-state index in [-0.39, 0.29) is 6.03 Å². The van der Waals surface area contributed by atoms with Gasteiger partial charge < -0.3 is 15.1 Å². The van der Waals surface area contributed by atoms with Crippen molar-refractivity contribution in [1.29, 1.82) is 5.26 Å². The van der Waals surface area contributed by atoms with Crippen molar-refractivity contribution in [2.75, 3.05) is 38.0 Å². The van der Waals surface area contributed by atoms with Crippen LogP contribution in [0.15, 0.2) is 24.3 Å². The molecular weight excluding hydrogens is 240 g/mol. The number of piperazine rings is 1. The zero-order valence-corrected chi connectivity index (χ0v) is 11.1. The maximum atomic E-state index is 12.1. The highest BCUT2D eigenvalue weighted by Gasteiger charge is 2.20. The molecule has 100 valence electrons. The highest BCUT2D eigenvalue weighted by atomic mass is 16.2. The molecule has 2 rings (SSSR count). The van der Waals surface area contributed by atoms with E-state index in [1.807, 2.05) is 6.07 Å². The summed E-state index contributed by atoms with van der Waals surface area (Å²) < 4.78 is 0. The van der Waals surface area contributed by atoms with Crippen LogP contribution >= 0.6 is 0 Å². The van der Waals surface area contributed by atoms with Crippen LogP contribution in [0.2, 0.25) is 0 Å². The number of hydrogen-bond donors (Lipinski definition) is 1. The molecule has 19 heavy (non-hydrogen) atoms. The van der Waals surface area contributed by atoms with Gasteiger partial charge in [-0.3, -0.25) is 0 Å². The summed E-state index contributed by atoms with van der Waals surface area (Å²) in [5, 5.41) is 11.8. The maximum Gasteiger partial charge on any atom is 0.321 e. The molecule has 1 aliphatic rings. The second-order valence-electron chi connectivity index (χ2n) is 4.51. The monoisotopic (exact) mass is 258 g/mol. The Hall–Kier alpha value is -2.06. The number of anilines is 1. The number of urea groups is 1. The molecule has 1 saturated heterocycles. The van der Waals surface area contributed by atoms with Gasteiger partial charge in [0.1, 0.15) is 6.07 Å². The Morgan fingerprint density at radius 2 is 2.00 bits per heavy atom. The van der Waals surface area contributed by atoms with Gasteiger partial charge >= 0.3 is 6.03 Å². The first-order chi connectivity index (χ1) is 9.24. The average molecular weight is 258 g/mol. The van der Waals surface area contributed by atoms with E-state index in [1.165, 1.54) is 0 Å². The Morgan fingerprint density at radius 3 is 2.63 bits per heavy atom. The van der Waals surface area contributed by atoms with Crippen LogP contribution in [0.1, 0.15) is 12.5 Å². The van der Waals surface area contributed by atoms with Gasteiger partial charge in [0.2, 0.25) is 0 Å². The smallest absolute Gasteiger partial charge is 0.321 e. The lowest BCUT2D eigenvalue weighted by atomic mass is 10.2. The van der Waals surface area contributed by atoms with Crippen LogP contribution in [-0.4, -0.2) is 48.6 Å². The van der Waals surface area contributed by atoms with E-state index in [0.717, 1.165) is 32.7 Å². The number of para-hydroxylation sites is 1. The van der Waals surface area contributed by atoms with E-state index in [2.05, 4.69) is 23.2 Å². The van der Waals surface area contributed by atoms with E-state index in [0.29, 0.717) is 11.3 Å². The molecule has 1 aromatic rings. The number of carbonyl (C=O) groups excluding carboxylic acids is 1. The van der Waals surface area contributed by atoms with E-state index < -0.39 is 0 Å². The number of nitrogens with one attached hydrogen (secondary N) is 1. The normalized spacial score (nSPS) is 15.9. The van der Waals surface area contributed by atoms with E-state index in [9.17, 15) is 4.79 Å². The molecule has 0 aliphatic carbocycles. The summed E-state index contributed by atoms with van der Waals surface area (Å²) >= 11 is 0. The lowest BCUT2D eigenvalue weighted by Crippen LogP contribution is -2.49. The molecule has 0 atom stereocenters. The molecule has 0 spiro atoms. The van der Waals surface area contributed by atoms with Crippen LogP contribution in [0.3, 0.4) is 0 Å². The van der Waals surface area contributed by atoms with Gasteiger partial charge in [0.15, 0.2) is 0 Å². The molecule has 1 N–H and O–H groups in total. The summed E-state index contributed by atoms with van der Waals surface area (Å²) in [6.45, 7) is 6.42. The Bertz CT molecular complexity index is 486. The zero-order chi connectivity index (χ0) is 13.7. The number of hydrogen-bond acceptors (Lipinski definition) is 3. The highest BCUT2D eigenvalue weighted by molar-refractivity contribution is 5.90. The second kappa shape index (κ2) is 6.21. The molecule has 0 saturated carbocycles. The summed E-state index contributed by atoms with van der Waals surface area (Å²) in [5.74, 6) is 0. The largest absolute Gasteiger partial charge is 0.322 e. The molecule has 5 nitrogen and oxygen atoms in total. The van der Waals surface area contributed by atoms with Crippen molar-refractivity contribution in [2.24, 2.45) is 0 Å². The third kappa shape index (κ3) is 3.24. The predicted octanol–water partition coefficient (Wildman–Crippen LogP) is 1.73. The number of likely N-dealkylation sites (N-methyl/N-ethyl adjacent to an activating group) is 1. The second-order valence-corrected chi connectivity index (χ2v) is 4.51. The molecule has 2 amide bonds. The molecule has 0 aromatic heterocycles. The van der Waals surface area contributed by atoms with Crippen LogP contribution in [-0.2, 0) is 0 Å². The molecule has 5 heteroatoms. The van der Waals surface area contributed by atoms with Gasteiger partial charge in [0.25, 0.3) is 0 Å². The SMILES string of the molecule is CCN1CCN(C(=O)Nc2ccccc2C#N)CC1. The number of nitriles is 1. The van der Waals surface area contributed by atoms with E-state index in [1.54, 1.807) is 23.1 Å². The van der Waals surface area contributed by atoms with Gasteiger partial charge in [-0.1, -0.05) is 19.1 Å². The molecule has 1 heterocycles. The molecule has 1 fully saturated rings. The molecule has 1 aromatic carbocycles. The minimum Gasteiger partial charge on any atom is -0.322 e. The van der Waals surface area contributed by atoms with Gasteiger partial charge in [-0.05, 0) is 18.7 Å². The number of benzene rings is 1. The van der Waals surface area contributed by atoms with Crippen molar-refractivity contribution < 1.29 is 4.79 Å². The summed E-state index contributed by atoms with van der Waals surface area (Å²) in [6.07, 6.45) is 0. The quantitative estimate of drug-likeness (QED) is 0.878. The summed E-state index contributed by atoms with van der Waals surface area (Å²) in [7, 11) is 0. The summed E-state index contributed by atoms with van der Waals surface area (Å²) in [4.78, 5) is 16.2. The fraction of sp³-hybridized carbons (Fsp3) is 0.429. The van der Waals surface area contributed by atoms with Crippen LogP contribution in [0.4, 0.5) is 10.5 Å². The number of amides is 2. The first-order valence-corrected chi connectivity index (χ1v) is 6.52. The van der Waals surface area contributed by atoms with Gasteiger partial charge in [-0.25, -0.2) is 4.79 Å². The molecule has 1 aliphatic heterocycles. The van der Waals surface area contributed by atoms with Crippen LogP contribution in [0.25, 0.3) is 0 Å². The molecule has 0 radical (unpaired) electrons. The third-order valence-electron chi connectivity index (χ3n) is 3.40. The Kier molecular flexibility index (Phi) is 4.37. The van der Waals surface area contributed by atoms with E-state index in [4.69, 9.17) is 5.26 Å². The number of nitrogens with zero attached hydrogens (tertiary/aromatic N) is 3. The zero-order valence-electron chi connectivity index (χ0n) is 11.1. The molecule has 0 unspecified atom stereocenters. The van der Waals surface area contributed by atoms with Gasteiger partial charge in [-0.15, -0.1) is 0 Å². The average Bonchev–Trinajstić information content (AvgIpc) is 2.48. The van der Waals surface area contributed by atoms with Crippen molar-refractivity contribution >= 4 is 11.7 Å². The highest BCUT2D eigenvalue weighted by Crippen LogP contribution is 2.14. The molecule has 0 bridgehead atoms. The summed E-state index contributed by atoms with van der Waals surface area (Å²) in [6, 6.07) is 9.00. The number of rotatable bonds is 2. The van der Waals surface area contributed by atoms with E-state index >= 15 is 0 Å². The van der Waals surface area contributed by atoms with Gasteiger partial charge in [0.05, 0.1) is 11.3 Å². The first kappa shape index (κ1) is 13.4. The van der Waals surface area contributed by atoms with Crippen molar-refractivity contribution in [3.05, 3.63) is 29.8 Å². The number of carbonyl (C=O) groups is 1. The van der Waals surface area contributed by atoms with Crippen molar-refractivity contribution in [1.82, 2.24) is 9.80 Å². The van der Waals surface area contributed by atoms with Crippen molar-refractivity contribution in [2.45, 2.75) is 6.92 Å². The summed E-state index contributed by atoms with van der Waals surface area (Å²) in [5.41, 5.74) is 1.07. The van der Waals surface area contributed by atoms with Gasteiger partial charge in [0, 0.05) is 26.2 Å². The Labute approximate surface area is 113 Å². The van der Waals surface area contributed by atoms with Crippen LogP contribution in [0, 0.1) is 11.3 Å². The van der Waals surface area contributed by atoms with Crippen molar-refractivity contribution in [3.8, 4) is 6.07 Å². The molecular formula is C14H18N4O. The first-order valence-electron chi connectivity index (χ1n) is 6.52. The Morgan fingerprint density at radius 1 is 1.32 bits per heavy atom. The predicted molar refractivity (Wildman–Crippen MR) is 73.9 cm³/mol. The maximum absolute atomic E-state index is 12.1. The third-order valence-corrected chi connectivity index (χ3v) is 3.40.